The summed E-state index contributed by atoms with van der Waals surface area (Å²) in [6.07, 6.45) is 4.01. The van der Waals surface area contributed by atoms with E-state index in [0.717, 1.165) is 38.3 Å². The summed E-state index contributed by atoms with van der Waals surface area (Å²) in [5.41, 5.74) is 1.19. The molecule has 0 radical (unpaired) electrons. The average Bonchev–Trinajstić information content (AvgIpc) is 2.41. The van der Waals surface area contributed by atoms with Crippen LogP contribution in [-0.4, -0.2) is 35.6 Å². The summed E-state index contributed by atoms with van der Waals surface area (Å²) in [6.45, 7) is 9.79. The lowest BCUT2D eigenvalue weighted by Crippen LogP contribution is -2.50. The molecule has 0 aliphatic carbocycles. The minimum absolute atomic E-state index is 0.503. The number of nitrogens with one attached hydrogen (secondary N) is 1. The Kier molecular flexibility index (Phi) is 4.53. The first-order valence-corrected chi connectivity index (χ1v) is 7.05. The van der Waals surface area contributed by atoms with E-state index in [9.17, 15) is 0 Å². The molecule has 1 aliphatic rings. The van der Waals surface area contributed by atoms with Crippen molar-refractivity contribution in [3.05, 3.63) is 18.1 Å². The van der Waals surface area contributed by atoms with E-state index in [1.807, 2.05) is 0 Å². The molecule has 0 bridgehead atoms. The Balaban J connectivity index is 2.20. The van der Waals surface area contributed by atoms with Crippen molar-refractivity contribution in [2.45, 2.75) is 45.6 Å². The number of hydrogen-bond donors (Lipinski definition) is 1. The molecular formula is C14H24N4. The molecule has 100 valence electrons. The van der Waals surface area contributed by atoms with Crippen LogP contribution in [-0.2, 0) is 0 Å². The summed E-state index contributed by atoms with van der Waals surface area (Å²) < 4.78 is 0. The van der Waals surface area contributed by atoms with Crippen LogP contribution in [0.25, 0.3) is 0 Å². The van der Waals surface area contributed by atoms with Crippen LogP contribution in [0.1, 0.15) is 45.2 Å². The fourth-order valence-corrected chi connectivity index (χ4v) is 2.63. The SMILES string of the molecule is CCC(CC)c1cc(N2CCNC[C@H]2C)ncn1. The predicted octanol–water partition coefficient (Wildman–Crippen LogP) is 2.18. The molecule has 0 spiro atoms. The molecule has 1 aromatic rings. The first kappa shape index (κ1) is 13.3. The van der Waals surface area contributed by atoms with Gasteiger partial charge in [0, 0.05) is 43.4 Å². The smallest absolute Gasteiger partial charge is 0.132 e. The molecule has 2 rings (SSSR count). The van der Waals surface area contributed by atoms with Gasteiger partial charge in [-0.15, -0.1) is 0 Å². The Bertz CT molecular complexity index is 376. The van der Waals surface area contributed by atoms with Crippen molar-refractivity contribution in [3.8, 4) is 0 Å². The maximum Gasteiger partial charge on any atom is 0.132 e. The van der Waals surface area contributed by atoms with Crippen molar-refractivity contribution in [1.29, 1.82) is 0 Å². The normalized spacial score (nSPS) is 20.4. The molecule has 1 saturated heterocycles. The van der Waals surface area contributed by atoms with E-state index >= 15 is 0 Å². The second kappa shape index (κ2) is 6.14. The van der Waals surface area contributed by atoms with Crippen LogP contribution in [0, 0.1) is 0 Å². The maximum absolute atomic E-state index is 4.45. The third-order valence-corrected chi connectivity index (χ3v) is 3.87. The minimum atomic E-state index is 0.503. The van der Waals surface area contributed by atoms with Crippen LogP contribution in [0.5, 0.6) is 0 Å². The number of nitrogens with zero attached hydrogens (tertiary/aromatic N) is 3. The van der Waals surface area contributed by atoms with Crippen molar-refractivity contribution in [3.63, 3.8) is 0 Å². The molecule has 0 saturated carbocycles. The zero-order valence-corrected chi connectivity index (χ0v) is 11.7. The van der Waals surface area contributed by atoms with Crippen LogP contribution >= 0.6 is 0 Å². The van der Waals surface area contributed by atoms with Gasteiger partial charge in [-0.3, -0.25) is 0 Å². The van der Waals surface area contributed by atoms with Crippen LogP contribution in [0.15, 0.2) is 12.4 Å². The van der Waals surface area contributed by atoms with Gasteiger partial charge in [-0.2, -0.15) is 0 Å². The fourth-order valence-electron chi connectivity index (χ4n) is 2.63. The standard InChI is InChI=1S/C14H24N4/c1-4-12(5-2)13-8-14(17-10-16-13)18-7-6-15-9-11(18)3/h8,10-12,15H,4-7,9H2,1-3H3/t11-/m1/s1. The quantitative estimate of drug-likeness (QED) is 0.886. The van der Waals surface area contributed by atoms with Crippen molar-refractivity contribution < 1.29 is 0 Å². The van der Waals surface area contributed by atoms with E-state index in [0.29, 0.717) is 12.0 Å². The molecule has 0 unspecified atom stereocenters. The van der Waals surface area contributed by atoms with E-state index in [2.05, 4.69) is 47.0 Å². The first-order valence-electron chi connectivity index (χ1n) is 7.05. The molecule has 2 heterocycles. The number of aromatic nitrogens is 2. The lowest BCUT2D eigenvalue weighted by atomic mass is 9.99. The van der Waals surface area contributed by atoms with Gasteiger partial charge in [-0.1, -0.05) is 13.8 Å². The molecule has 1 fully saturated rings. The van der Waals surface area contributed by atoms with E-state index in [1.54, 1.807) is 6.33 Å². The molecule has 1 atom stereocenters. The first-order chi connectivity index (χ1) is 8.76. The van der Waals surface area contributed by atoms with Gasteiger partial charge in [0.2, 0.25) is 0 Å². The number of rotatable bonds is 4. The molecule has 0 amide bonds. The second-order valence-electron chi connectivity index (χ2n) is 5.06. The number of hydrogen-bond acceptors (Lipinski definition) is 4. The molecule has 1 aromatic heterocycles. The summed E-state index contributed by atoms with van der Waals surface area (Å²) in [4.78, 5) is 11.3. The molecule has 1 aliphatic heterocycles. The van der Waals surface area contributed by atoms with Crippen LogP contribution < -0.4 is 10.2 Å². The second-order valence-corrected chi connectivity index (χ2v) is 5.06. The maximum atomic E-state index is 4.45. The van der Waals surface area contributed by atoms with Crippen LogP contribution in [0.2, 0.25) is 0 Å². The Hall–Kier alpha value is -1.16. The molecular weight excluding hydrogens is 224 g/mol. The van der Waals surface area contributed by atoms with Crippen molar-refractivity contribution in [2.75, 3.05) is 24.5 Å². The van der Waals surface area contributed by atoms with Gasteiger partial charge in [0.1, 0.15) is 12.1 Å². The monoisotopic (exact) mass is 248 g/mol. The summed E-state index contributed by atoms with van der Waals surface area (Å²) in [7, 11) is 0. The Morgan fingerprint density at radius 2 is 2.17 bits per heavy atom. The lowest BCUT2D eigenvalue weighted by molar-refractivity contribution is 0.496. The highest BCUT2D eigenvalue weighted by atomic mass is 15.3. The van der Waals surface area contributed by atoms with Crippen molar-refractivity contribution in [1.82, 2.24) is 15.3 Å². The van der Waals surface area contributed by atoms with Gasteiger partial charge in [-0.05, 0) is 19.8 Å². The molecule has 18 heavy (non-hydrogen) atoms. The lowest BCUT2D eigenvalue weighted by Gasteiger charge is -2.35. The van der Waals surface area contributed by atoms with E-state index in [-0.39, 0.29) is 0 Å². The zero-order valence-electron chi connectivity index (χ0n) is 11.7. The summed E-state index contributed by atoms with van der Waals surface area (Å²) in [5, 5.41) is 3.41. The van der Waals surface area contributed by atoms with Crippen LogP contribution in [0.4, 0.5) is 5.82 Å². The highest BCUT2D eigenvalue weighted by Crippen LogP contribution is 2.24. The van der Waals surface area contributed by atoms with Crippen LogP contribution in [0.3, 0.4) is 0 Å². The molecule has 4 nitrogen and oxygen atoms in total. The summed E-state index contributed by atoms with van der Waals surface area (Å²) >= 11 is 0. The molecule has 1 N–H and O–H groups in total. The van der Waals surface area contributed by atoms with Gasteiger partial charge in [0.25, 0.3) is 0 Å². The zero-order chi connectivity index (χ0) is 13.0. The van der Waals surface area contributed by atoms with Crippen molar-refractivity contribution in [2.24, 2.45) is 0 Å². The highest BCUT2D eigenvalue weighted by molar-refractivity contribution is 5.41. The van der Waals surface area contributed by atoms with E-state index in [4.69, 9.17) is 0 Å². The number of anilines is 1. The largest absolute Gasteiger partial charge is 0.351 e. The summed E-state index contributed by atoms with van der Waals surface area (Å²) in [5.74, 6) is 1.64. The van der Waals surface area contributed by atoms with Gasteiger partial charge in [0.15, 0.2) is 0 Å². The average molecular weight is 248 g/mol. The summed E-state index contributed by atoms with van der Waals surface area (Å²) in [6, 6.07) is 2.68. The number of piperazine rings is 1. The topological polar surface area (TPSA) is 41.0 Å². The fraction of sp³-hybridized carbons (Fsp3) is 0.714. The minimum Gasteiger partial charge on any atom is -0.351 e. The molecule has 4 heteroatoms. The Morgan fingerprint density at radius 1 is 1.39 bits per heavy atom. The Labute approximate surface area is 110 Å². The van der Waals surface area contributed by atoms with Gasteiger partial charge in [0.05, 0.1) is 0 Å². The Morgan fingerprint density at radius 3 is 2.83 bits per heavy atom. The van der Waals surface area contributed by atoms with Gasteiger partial charge in [-0.25, -0.2) is 9.97 Å². The third-order valence-electron chi connectivity index (χ3n) is 3.87. The van der Waals surface area contributed by atoms with Gasteiger partial charge >= 0.3 is 0 Å². The highest BCUT2D eigenvalue weighted by Gasteiger charge is 2.20. The predicted molar refractivity (Wildman–Crippen MR) is 75.0 cm³/mol. The van der Waals surface area contributed by atoms with E-state index in [1.165, 1.54) is 5.69 Å². The third kappa shape index (κ3) is 2.80. The van der Waals surface area contributed by atoms with E-state index < -0.39 is 0 Å². The molecule has 0 aromatic carbocycles. The van der Waals surface area contributed by atoms with Gasteiger partial charge < -0.3 is 10.2 Å². The van der Waals surface area contributed by atoms with Crippen molar-refractivity contribution >= 4 is 5.82 Å².